The van der Waals surface area contributed by atoms with E-state index in [-0.39, 0.29) is 21.9 Å². The van der Waals surface area contributed by atoms with Gasteiger partial charge in [-0.15, -0.1) is 0 Å². The lowest BCUT2D eigenvalue weighted by atomic mass is 10.1. The van der Waals surface area contributed by atoms with Crippen molar-refractivity contribution in [2.75, 3.05) is 0 Å². The Hall–Kier alpha value is -0.840. The SMILES string of the molecule is O=Cc1cc(C(F)F)c(Br)cc1F. The number of alkyl halides is 2. The topological polar surface area (TPSA) is 17.1 Å². The van der Waals surface area contributed by atoms with Gasteiger partial charge in [-0.25, -0.2) is 13.2 Å². The monoisotopic (exact) mass is 252 g/mol. The van der Waals surface area contributed by atoms with E-state index in [1.165, 1.54) is 0 Å². The van der Waals surface area contributed by atoms with Gasteiger partial charge in [-0.3, -0.25) is 4.79 Å². The van der Waals surface area contributed by atoms with E-state index in [2.05, 4.69) is 15.9 Å². The molecular weight excluding hydrogens is 249 g/mol. The van der Waals surface area contributed by atoms with Gasteiger partial charge in [-0.05, 0) is 12.1 Å². The van der Waals surface area contributed by atoms with E-state index in [1.807, 2.05) is 0 Å². The predicted octanol–water partition coefficient (Wildman–Crippen LogP) is 3.34. The maximum atomic E-state index is 12.8. The van der Waals surface area contributed by atoms with Crippen molar-refractivity contribution in [2.45, 2.75) is 6.43 Å². The molecule has 1 nitrogen and oxygen atoms in total. The first-order valence-corrected chi connectivity index (χ1v) is 4.08. The lowest BCUT2D eigenvalue weighted by molar-refractivity contribution is 0.111. The average Bonchev–Trinajstić information content (AvgIpc) is 2.03. The molecule has 1 rings (SSSR count). The van der Waals surface area contributed by atoms with Gasteiger partial charge in [0.05, 0.1) is 5.56 Å². The Balaban J connectivity index is 3.30. The minimum atomic E-state index is -2.73. The highest BCUT2D eigenvalue weighted by molar-refractivity contribution is 9.10. The van der Waals surface area contributed by atoms with Crippen LogP contribution in [0.2, 0.25) is 0 Å². The summed E-state index contributed by atoms with van der Waals surface area (Å²) < 4.78 is 37.2. The lowest BCUT2D eigenvalue weighted by Crippen LogP contribution is -1.94. The molecule has 0 atom stereocenters. The molecule has 0 unspecified atom stereocenters. The maximum Gasteiger partial charge on any atom is 0.264 e. The molecule has 0 radical (unpaired) electrons. The van der Waals surface area contributed by atoms with E-state index in [1.54, 1.807) is 0 Å². The van der Waals surface area contributed by atoms with Crippen LogP contribution in [-0.2, 0) is 0 Å². The van der Waals surface area contributed by atoms with Crippen LogP contribution >= 0.6 is 15.9 Å². The zero-order valence-electron chi connectivity index (χ0n) is 6.23. The highest BCUT2D eigenvalue weighted by atomic mass is 79.9. The second kappa shape index (κ2) is 3.91. The number of carbonyl (C=O) groups excluding carboxylic acids is 1. The van der Waals surface area contributed by atoms with Gasteiger partial charge in [0.1, 0.15) is 5.82 Å². The summed E-state index contributed by atoms with van der Waals surface area (Å²) in [7, 11) is 0. The molecule has 1 aromatic rings. The molecule has 0 aromatic heterocycles. The predicted molar refractivity (Wildman–Crippen MR) is 44.4 cm³/mol. The number of halogens is 4. The third kappa shape index (κ3) is 2.09. The summed E-state index contributed by atoms with van der Waals surface area (Å²) in [5, 5.41) is 0. The smallest absolute Gasteiger partial charge is 0.264 e. The summed E-state index contributed by atoms with van der Waals surface area (Å²) in [4.78, 5) is 10.2. The molecule has 0 heterocycles. The van der Waals surface area contributed by atoms with Crippen molar-refractivity contribution in [2.24, 2.45) is 0 Å². The number of rotatable bonds is 2. The zero-order chi connectivity index (χ0) is 10.0. The number of aldehydes is 1. The third-order valence-corrected chi connectivity index (χ3v) is 2.16. The highest BCUT2D eigenvalue weighted by Gasteiger charge is 2.14. The van der Waals surface area contributed by atoms with E-state index >= 15 is 0 Å². The van der Waals surface area contributed by atoms with Gasteiger partial charge in [-0.2, -0.15) is 0 Å². The van der Waals surface area contributed by atoms with Crippen LogP contribution in [0, 0.1) is 5.82 Å². The fourth-order valence-corrected chi connectivity index (χ4v) is 1.33. The van der Waals surface area contributed by atoms with E-state index < -0.39 is 12.2 Å². The maximum absolute atomic E-state index is 12.8. The number of carbonyl (C=O) groups is 1. The van der Waals surface area contributed by atoms with Gasteiger partial charge in [0.15, 0.2) is 6.29 Å². The van der Waals surface area contributed by atoms with Crippen LogP contribution in [-0.4, -0.2) is 6.29 Å². The van der Waals surface area contributed by atoms with Crippen molar-refractivity contribution < 1.29 is 18.0 Å². The zero-order valence-corrected chi connectivity index (χ0v) is 7.82. The van der Waals surface area contributed by atoms with Crippen molar-refractivity contribution in [1.29, 1.82) is 0 Å². The Bertz CT molecular complexity index is 338. The van der Waals surface area contributed by atoms with Crippen molar-refractivity contribution in [3.05, 3.63) is 33.5 Å². The van der Waals surface area contributed by atoms with Crippen molar-refractivity contribution in [3.63, 3.8) is 0 Å². The fourth-order valence-electron chi connectivity index (χ4n) is 0.841. The standard InChI is InChI=1S/C8H4BrF3O/c9-6-2-7(10)4(3-13)1-5(6)8(11)12/h1-3,8H. The Labute approximate surface area is 80.7 Å². The Kier molecular flexibility index (Phi) is 3.08. The number of hydrogen-bond donors (Lipinski definition) is 0. The quantitative estimate of drug-likeness (QED) is 0.738. The van der Waals surface area contributed by atoms with Gasteiger partial charge in [-0.1, -0.05) is 15.9 Å². The average molecular weight is 253 g/mol. The fraction of sp³-hybridized carbons (Fsp3) is 0.125. The summed E-state index contributed by atoms with van der Waals surface area (Å²) in [5.74, 6) is -0.814. The molecule has 70 valence electrons. The molecule has 13 heavy (non-hydrogen) atoms. The molecule has 0 amide bonds. The Morgan fingerprint density at radius 1 is 1.38 bits per heavy atom. The Morgan fingerprint density at radius 2 is 2.00 bits per heavy atom. The normalized spacial score (nSPS) is 10.5. The van der Waals surface area contributed by atoms with Crippen molar-refractivity contribution in [1.82, 2.24) is 0 Å². The molecule has 0 N–H and O–H groups in total. The third-order valence-electron chi connectivity index (χ3n) is 1.48. The molecule has 0 fully saturated rings. The molecule has 1 aromatic carbocycles. The summed E-state index contributed by atoms with van der Waals surface area (Å²) in [6, 6.07) is 1.68. The largest absolute Gasteiger partial charge is 0.298 e. The van der Waals surface area contributed by atoms with Crippen LogP contribution in [0.5, 0.6) is 0 Å². The Morgan fingerprint density at radius 3 is 2.46 bits per heavy atom. The van der Waals surface area contributed by atoms with E-state index in [9.17, 15) is 18.0 Å². The first kappa shape index (κ1) is 10.2. The molecular formula is C8H4BrF3O. The number of hydrogen-bond acceptors (Lipinski definition) is 1. The molecule has 0 bridgehead atoms. The molecule has 0 spiro atoms. The van der Waals surface area contributed by atoms with Crippen LogP contribution in [0.15, 0.2) is 16.6 Å². The van der Waals surface area contributed by atoms with Gasteiger partial charge < -0.3 is 0 Å². The molecule has 0 aliphatic heterocycles. The minimum Gasteiger partial charge on any atom is -0.298 e. The van der Waals surface area contributed by atoms with E-state index in [0.717, 1.165) is 12.1 Å². The van der Waals surface area contributed by atoms with E-state index in [0.29, 0.717) is 0 Å². The van der Waals surface area contributed by atoms with Crippen molar-refractivity contribution >= 4 is 22.2 Å². The molecule has 0 saturated carbocycles. The minimum absolute atomic E-state index is 0.0365. The van der Waals surface area contributed by atoms with Crippen molar-refractivity contribution in [3.8, 4) is 0 Å². The van der Waals surface area contributed by atoms with Crippen LogP contribution < -0.4 is 0 Å². The van der Waals surface area contributed by atoms with Gasteiger partial charge in [0, 0.05) is 10.0 Å². The number of benzene rings is 1. The molecule has 0 saturated heterocycles. The first-order valence-electron chi connectivity index (χ1n) is 3.28. The van der Waals surface area contributed by atoms with Crippen LogP contribution in [0.3, 0.4) is 0 Å². The molecule has 0 aliphatic rings. The lowest BCUT2D eigenvalue weighted by Gasteiger charge is -2.04. The summed E-state index contributed by atoms with van der Waals surface area (Å²) in [6.07, 6.45) is -2.53. The summed E-state index contributed by atoms with van der Waals surface area (Å²) in [5.41, 5.74) is -0.748. The summed E-state index contributed by atoms with van der Waals surface area (Å²) in [6.45, 7) is 0. The van der Waals surface area contributed by atoms with Crippen LogP contribution in [0.1, 0.15) is 22.3 Å². The van der Waals surface area contributed by atoms with E-state index in [4.69, 9.17) is 0 Å². The summed E-state index contributed by atoms with van der Waals surface area (Å²) >= 11 is 2.78. The first-order chi connectivity index (χ1) is 6.06. The van der Waals surface area contributed by atoms with Gasteiger partial charge >= 0.3 is 0 Å². The highest BCUT2D eigenvalue weighted by Crippen LogP contribution is 2.29. The van der Waals surface area contributed by atoms with Gasteiger partial charge in [0.2, 0.25) is 0 Å². The van der Waals surface area contributed by atoms with Crippen LogP contribution in [0.4, 0.5) is 13.2 Å². The van der Waals surface area contributed by atoms with Gasteiger partial charge in [0.25, 0.3) is 6.43 Å². The molecule has 5 heteroatoms. The van der Waals surface area contributed by atoms with Crippen LogP contribution in [0.25, 0.3) is 0 Å². The second-order valence-electron chi connectivity index (χ2n) is 2.31. The molecule has 0 aliphatic carbocycles. The second-order valence-corrected chi connectivity index (χ2v) is 3.17.